The minimum Gasteiger partial charge on any atom is -0.303 e. The average molecular weight is 127 g/mol. The highest BCUT2D eigenvalue weighted by Gasteiger charge is 1.91. The van der Waals surface area contributed by atoms with E-state index < -0.39 is 0 Å². The zero-order valence-electron chi connectivity index (χ0n) is 5.42. The van der Waals surface area contributed by atoms with E-state index in [1.807, 2.05) is 7.05 Å². The summed E-state index contributed by atoms with van der Waals surface area (Å²) in [5.74, 6) is 0.722. The maximum absolute atomic E-state index is 3.74. The van der Waals surface area contributed by atoms with Crippen LogP contribution in [0.25, 0.3) is 0 Å². The lowest BCUT2D eigenvalue weighted by Crippen LogP contribution is -2.14. The third kappa shape index (κ3) is 1.39. The second kappa shape index (κ2) is 2.45. The second-order valence-electron chi connectivity index (χ2n) is 1.65. The van der Waals surface area contributed by atoms with Crippen LogP contribution in [0, 0.1) is 0 Å². The predicted molar refractivity (Wildman–Crippen MR) is 33.7 cm³/mol. The summed E-state index contributed by atoms with van der Waals surface area (Å²) in [7, 11) is 3.59. The molecule has 0 bridgehead atoms. The third-order valence-corrected chi connectivity index (χ3v) is 0.856. The molecule has 1 heterocycles. The average Bonchev–Trinajstić information content (AvgIpc) is 2.17. The van der Waals surface area contributed by atoms with Gasteiger partial charge in [-0.15, -0.1) is 5.10 Å². The summed E-state index contributed by atoms with van der Waals surface area (Å²) in [6.45, 7) is 0. The van der Waals surface area contributed by atoms with Gasteiger partial charge in [-0.3, -0.25) is 4.68 Å². The molecule has 0 saturated carbocycles. The van der Waals surface area contributed by atoms with Crippen molar-refractivity contribution in [3.8, 4) is 0 Å². The van der Waals surface area contributed by atoms with E-state index in [0.717, 1.165) is 5.82 Å². The van der Waals surface area contributed by atoms with E-state index in [9.17, 15) is 0 Å². The number of aryl methyl sites for hydroxylation is 1. The van der Waals surface area contributed by atoms with Crippen LogP contribution in [0.5, 0.6) is 0 Å². The second-order valence-corrected chi connectivity index (χ2v) is 1.65. The maximum Gasteiger partial charge on any atom is 0.182 e. The van der Waals surface area contributed by atoms with Crippen molar-refractivity contribution in [3.05, 3.63) is 6.20 Å². The summed E-state index contributed by atoms with van der Waals surface area (Å²) in [4.78, 5) is 0. The van der Waals surface area contributed by atoms with Gasteiger partial charge in [0.15, 0.2) is 5.82 Å². The summed E-state index contributed by atoms with van der Waals surface area (Å²) < 4.78 is 1.62. The smallest absolute Gasteiger partial charge is 0.182 e. The monoisotopic (exact) mass is 127 g/mol. The number of hydrogen-bond donors (Lipinski definition) is 2. The Morgan fingerprint density at radius 3 is 2.89 bits per heavy atom. The van der Waals surface area contributed by atoms with Crippen LogP contribution in [0.15, 0.2) is 6.20 Å². The zero-order chi connectivity index (χ0) is 6.69. The van der Waals surface area contributed by atoms with Crippen LogP contribution in [0.3, 0.4) is 0 Å². The van der Waals surface area contributed by atoms with Crippen molar-refractivity contribution in [1.29, 1.82) is 0 Å². The molecule has 0 saturated heterocycles. The van der Waals surface area contributed by atoms with E-state index >= 15 is 0 Å². The Labute approximate surface area is 53.0 Å². The van der Waals surface area contributed by atoms with Crippen LogP contribution in [0.2, 0.25) is 0 Å². The van der Waals surface area contributed by atoms with Gasteiger partial charge in [0.1, 0.15) is 0 Å². The largest absolute Gasteiger partial charge is 0.303 e. The molecule has 0 spiro atoms. The first-order chi connectivity index (χ1) is 4.33. The molecule has 0 radical (unpaired) electrons. The quantitative estimate of drug-likeness (QED) is 0.519. The number of nitrogens with one attached hydrogen (secondary N) is 2. The Morgan fingerprint density at radius 2 is 2.44 bits per heavy atom. The van der Waals surface area contributed by atoms with Crippen molar-refractivity contribution in [2.24, 2.45) is 7.05 Å². The summed E-state index contributed by atoms with van der Waals surface area (Å²) in [6, 6.07) is 0. The Balaban J connectivity index is 2.61. The highest BCUT2D eigenvalue weighted by Crippen LogP contribution is 1.93. The van der Waals surface area contributed by atoms with Gasteiger partial charge in [-0.2, -0.15) is 0 Å². The molecule has 0 aliphatic rings. The molecule has 5 heteroatoms. The van der Waals surface area contributed by atoms with Crippen molar-refractivity contribution in [2.75, 3.05) is 12.5 Å². The van der Waals surface area contributed by atoms with Crippen LogP contribution in [0.4, 0.5) is 5.82 Å². The lowest BCUT2D eigenvalue weighted by molar-refractivity contribution is 0.715. The topological polar surface area (TPSA) is 54.8 Å². The first-order valence-electron chi connectivity index (χ1n) is 2.62. The van der Waals surface area contributed by atoms with Crippen molar-refractivity contribution >= 4 is 5.82 Å². The summed E-state index contributed by atoms with van der Waals surface area (Å²) >= 11 is 0. The van der Waals surface area contributed by atoms with Crippen LogP contribution >= 0.6 is 0 Å². The van der Waals surface area contributed by atoms with Crippen molar-refractivity contribution in [1.82, 2.24) is 20.4 Å². The zero-order valence-corrected chi connectivity index (χ0v) is 5.42. The molecule has 9 heavy (non-hydrogen) atoms. The first-order valence-corrected chi connectivity index (χ1v) is 2.62. The molecule has 1 aromatic heterocycles. The van der Waals surface area contributed by atoms with E-state index in [0.29, 0.717) is 0 Å². The molecular formula is C4H9N5. The molecule has 0 unspecified atom stereocenters. The van der Waals surface area contributed by atoms with Gasteiger partial charge in [-0.25, -0.2) is 5.43 Å². The molecule has 0 atom stereocenters. The van der Waals surface area contributed by atoms with Gasteiger partial charge < -0.3 is 5.43 Å². The Hall–Kier alpha value is -1.10. The Kier molecular flexibility index (Phi) is 1.64. The van der Waals surface area contributed by atoms with Crippen molar-refractivity contribution in [3.63, 3.8) is 0 Å². The number of rotatable bonds is 2. The van der Waals surface area contributed by atoms with Crippen molar-refractivity contribution < 1.29 is 0 Å². The third-order valence-electron chi connectivity index (χ3n) is 0.856. The molecule has 1 aromatic rings. The van der Waals surface area contributed by atoms with Gasteiger partial charge in [0.25, 0.3) is 0 Å². The van der Waals surface area contributed by atoms with Crippen LogP contribution in [0.1, 0.15) is 0 Å². The van der Waals surface area contributed by atoms with Crippen LogP contribution < -0.4 is 10.9 Å². The number of aromatic nitrogens is 3. The standard InChI is InChI=1S/C4H9N5/c1-5-6-4-3-9(2)8-7-4/h3,5-6H,1-2H3. The van der Waals surface area contributed by atoms with Gasteiger partial charge in [-0.05, 0) is 0 Å². The van der Waals surface area contributed by atoms with Gasteiger partial charge in [-0.1, -0.05) is 5.21 Å². The minimum atomic E-state index is 0.722. The molecule has 1 rings (SSSR count). The maximum atomic E-state index is 3.74. The minimum absolute atomic E-state index is 0.722. The van der Waals surface area contributed by atoms with E-state index in [2.05, 4.69) is 21.2 Å². The fraction of sp³-hybridized carbons (Fsp3) is 0.500. The molecule has 0 fully saturated rings. The molecular weight excluding hydrogens is 118 g/mol. The Bertz CT molecular complexity index is 181. The molecule has 2 N–H and O–H groups in total. The summed E-state index contributed by atoms with van der Waals surface area (Å²) in [6.07, 6.45) is 1.77. The van der Waals surface area contributed by atoms with E-state index in [4.69, 9.17) is 0 Å². The number of hydrazine groups is 1. The normalized spacial score (nSPS) is 9.56. The molecule has 50 valence electrons. The molecule has 0 amide bonds. The molecule has 0 aliphatic heterocycles. The fourth-order valence-electron chi connectivity index (χ4n) is 0.533. The van der Waals surface area contributed by atoms with Crippen LogP contribution in [-0.2, 0) is 7.05 Å². The van der Waals surface area contributed by atoms with Crippen molar-refractivity contribution in [2.45, 2.75) is 0 Å². The molecule has 0 aromatic carbocycles. The van der Waals surface area contributed by atoms with E-state index in [1.165, 1.54) is 0 Å². The Morgan fingerprint density at radius 1 is 1.67 bits per heavy atom. The highest BCUT2D eigenvalue weighted by molar-refractivity contribution is 5.26. The first kappa shape index (κ1) is 6.03. The fourth-order valence-corrected chi connectivity index (χ4v) is 0.533. The number of hydrogen-bond acceptors (Lipinski definition) is 4. The number of anilines is 1. The highest BCUT2D eigenvalue weighted by atomic mass is 15.5. The van der Waals surface area contributed by atoms with Gasteiger partial charge in [0, 0.05) is 14.1 Å². The SMILES string of the molecule is CNNc1cn(C)nn1. The van der Waals surface area contributed by atoms with E-state index in [1.54, 1.807) is 17.9 Å². The van der Waals surface area contributed by atoms with Gasteiger partial charge in [0.05, 0.1) is 6.20 Å². The lowest BCUT2D eigenvalue weighted by Gasteiger charge is -1.93. The van der Waals surface area contributed by atoms with Gasteiger partial charge >= 0.3 is 0 Å². The lowest BCUT2D eigenvalue weighted by atomic mass is 10.8. The van der Waals surface area contributed by atoms with Crippen LogP contribution in [-0.4, -0.2) is 22.0 Å². The predicted octanol–water partition coefficient (Wildman–Crippen LogP) is -0.639. The summed E-state index contributed by atoms with van der Waals surface area (Å²) in [5, 5.41) is 7.44. The van der Waals surface area contributed by atoms with Gasteiger partial charge in [0.2, 0.25) is 0 Å². The molecule has 5 nitrogen and oxygen atoms in total. The number of nitrogens with zero attached hydrogens (tertiary/aromatic N) is 3. The summed E-state index contributed by atoms with van der Waals surface area (Å²) in [5.41, 5.74) is 5.52. The molecule has 0 aliphatic carbocycles. The van der Waals surface area contributed by atoms with E-state index in [-0.39, 0.29) is 0 Å².